The quantitative estimate of drug-likeness (QED) is 0.556. The zero-order valence-corrected chi connectivity index (χ0v) is 16.6. The minimum atomic E-state index is -0.449. The molecule has 0 aliphatic rings. The number of amidine groups is 1. The molecule has 0 saturated carbocycles. The number of benzene rings is 2. The second-order valence-corrected chi connectivity index (χ2v) is 6.15. The topological polar surface area (TPSA) is 60.4 Å². The first-order chi connectivity index (χ1) is 13.0. The maximum Gasteiger partial charge on any atom is 0.294 e. The fraction of sp³-hybridized carbons (Fsp3) is 0.300. The molecule has 0 heterocycles. The lowest BCUT2D eigenvalue weighted by atomic mass is 10.1. The fourth-order valence-electron chi connectivity index (χ4n) is 2.50. The zero-order valence-electron chi connectivity index (χ0n) is 15.9. The summed E-state index contributed by atoms with van der Waals surface area (Å²) in [5.74, 6) is 0.904. The maximum atomic E-state index is 12.4. The first kappa shape index (κ1) is 20.6. The third-order valence-electron chi connectivity index (χ3n) is 3.99. The van der Waals surface area contributed by atoms with E-state index < -0.39 is 5.91 Å². The average molecular weight is 391 g/mol. The first-order valence-corrected chi connectivity index (χ1v) is 8.71. The van der Waals surface area contributed by atoms with E-state index in [1.165, 1.54) is 7.11 Å². The molecular formula is C20H23ClN2O4. The van der Waals surface area contributed by atoms with Crippen LogP contribution in [-0.2, 0) is 11.2 Å². The maximum absolute atomic E-state index is 12.4. The van der Waals surface area contributed by atoms with E-state index in [9.17, 15) is 4.79 Å². The van der Waals surface area contributed by atoms with Crippen molar-refractivity contribution in [3.05, 3.63) is 58.6 Å². The van der Waals surface area contributed by atoms with Gasteiger partial charge in [-0.1, -0.05) is 29.8 Å². The molecule has 0 bridgehead atoms. The highest BCUT2D eigenvalue weighted by molar-refractivity contribution is 6.34. The number of methoxy groups -OCH3 is 3. The molecule has 2 aromatic rings. The summed E-state index contributed by atoms with van der Waals surface area (Å²) >= 11 is 6.05. The van der Waals surface area contributed by atoms with Gasteiger partial charge in [-0.3, -0.25) is 4.79 Å². The normalized spacial score (nSPS) is 11.1. The van der Waals surface area contributed by atoms with Gasteiger partial charge in [-0.25, -0.2) is 0 Å². The average Bonchev–Trinajstić information content (AvgIpc) is 2.69. The molecule has 0 N–H and O–H groups in total. The molecule has 0 atom stereocenters. The van der Waals surface area contributed by atoms with Crippen molar-refractivity contribution in [3.8, 4) is 11.5 Å². The Balaban J connectivity index is 2.08. The smallest absolute Gasteiger partial charge is 0.294 e. The molecule has 27 heavy (non-hydrogen) atoms. The van der Waals surface area contributed by atoms with Gasteiger partial charge in [0.05, 0.1) is 31.9 Å². The largest absolute Gasteiger partial charge is 0.493 e. The number of hydrogen-bond donors (Lipinski definition) is 0. The van der Waals surface area contributed by atoms with E-state index in [0.29, 0.717) is 35.1 Å². The molecule has 0 unspecified atom stereocenters. The molecule has 0 radical (unpaired) electrons. The van der Waals surface area contributed by atoms with Gasteiger partial charge in [0.25, 0.3) is 11.9 Å². The van der Waals surface area contributed by atoms with E-state index in [2.05, 4.69) is 4.99 Å². The molecule has 0 aliphatic carbocycles. The van der Waals surface area contributed by atoms with Gasteiger partial charge in [0.15, 0.2) is 11.5 Å². The first-order valence-electron chi connectivity index (χ1n) is 8.33. The summed E-state index contributed by atoms with van der Waals surface area (Å²) in [6.07, 6.45) is 0.708. The van der Waals surface area contributed by atoms with Crippen LogP contribution >= 0.6 is 11.6 Å². The standard InChI is InChI=1S/C20H23ClN2O4/c1-23(12-11-14-9-10-17(25-2)18(13-14)26-3)20(27-4)22-19(24)15-7-5-6-8-16(15)21/h5-10,13H,11-12H2,1-4H3. The van der Waals surface area contributed by atoms with Gasteiger partial charge >= 0.3 is 0 Å². The summed E-state index contributed by atoms with van der Waals surface area (Å²) in [6, 6.07) is 12.7. The molecular weight excluding hydrogens is 368 g/mol. The Kier molecular flexibility index (Phi) is 7.49. The Morgan fingerprint density at radius 2 is 1.78 bits per heavy atom. The lowest BCUT2D eigenvalue weighted by Gasteiger charge is -2.19. The van der Waals surface area contributed by atoms with Crippen LogP contribution in [0.4, 0.5) is 0 Å². The monoisotopic (exact) mass is 390 g/mol. The SMILES string of the molecule is COC(=NC(=O)c1ccccc1Cl)N(C)CCc1ccc(OC)c(OC)c1. The molecule has 2 aromatic carbocycles. The van der Waals surface area contributed by atoms with Gasteiger partial charge in [0, 0.05) is 13.6 Å². The molecule has 7 heteroatoms. The van der Waals surface area contributed by atoms with Crippen molar-refractivity contribution in [3.63, 3.8) is 0 Å². The predicted molar refractivity (Wildman–Crippen MR) is 106 cm³/mol. The van der Waals surface area contributed by atoms with Crippen LogP contribution in [0.3, 0.4) is 0 Å². The Morgan fingerprint density at radius 3 is 2.41 bits per heavy atom. The van der Waals surface area contributed by atoms with Crippen molar-refractivity contribution in [2.45, 2.75) is 6.42 Å². The number of aliphatic imine (C=N–C) groups is 1. The Bertz CT molecular complexity index is 823. The van der Waals surface area contributed by atoms with Gasteiger partial charge in [-0.15, -0.1) is 0 Å². The molecule has 0 fully saturated rings. The predicted octanol–water partition coefficient (Wildman–Crippen LogP) is 3.67. The van der Waals surface area contributed by atoms with Crippen LogP contribution in [0, 0.1) is 0 Å². The Labute approximate surface area is 164 Å². The summed E-state index contributed by atoms with van der Waals surface area (Å²) in [5, 5.41) is 0.356. The van der Waals surface area contributed by atoms with Crippen LogP contribution in [0.15, 0.2) is 47.5 Å². The van der Waals surface area contributed by atoms with Crippen molar-refractivity contribution in [2.24, 2.45) is 4.99 Å². The van der Waals surface area contributed by atoms with Crippen LogP contribution in [0.1, 0.15) is 15.9 Å². The molecule has 0 aliphatic heterocycles. The van der Waals surface area contributed by atoms with Gasteiger partial charge in [0.2, 0.25) is 0 Å². The summed E-state index contributed by atoms with van der Waals surface area (Å²) < 4.78 is 15.8. The summed E-state index contributed by atoms with van der Waals surface area (Å²) in [6.45, 7) is 0.595. The summed E-state index contributed by atoms with van der Waals surface area (Å²) in [7, 11) is 6.49. The van der Waals surface area contributed by atoms with Crippen LogP contribution in [-0.4, -0.2) is 51.8 Å². The van der Waals surface area contributed by atoms with Gasteiger partial charge < -0.3 is 19.1 Å². The highest BCUT2D eigenvalue weighted by atomic mass is 35.5. The van der Waals surface area contributed by atoms with Crippen LogP contribution in [0.25, 0.3) is 0 Å². The van der Waals surface area contributed by atoms with Crippen molar-refractivity contribution in [2.75, 3.05) is 34.9 Å². The highest BCUT2D eigenvalue weighted by Gasteiger charge is 2.14. The van der Waals surface area contributed by atoms with Crippen LogP contribution in [0.2, 0.25) is 5.02 Å². The molecule has 0 aromatic heterocycles. The van der Waals surface area contributed by atoms with E-state index in [4.69, 9.17) is 25.8 Å². The van der Waals surface area contributed by atoms with Gasteiger partial charge in [-0.05, 0) is 36.2 Å². The molecule has 1 amide bonds. The number of hydrogen-bond acceptors (Lipinski definition) is 4. The lowest BCUT2D eigenvalue weighted by Crippen LogP contribution is -2.31. The molecule has 0 spiro atoms. The number of nitrogens with zero attached hydrogens (tertiary/aromatic N) is 2. The van der Waals surface area contributed by atoms with Crippen molar-refractivity contribution in [1.82, 2.24) is 4.90 Å². The lowest BCUT2D eigenvalue weighted by molar-refractivity contribution is 0.0996. The minimum absolute atomic E-state index is 0.223. The molecule has 2 rings (SSSR count). The molecule has 6 nitrogen and oxygen atoms in total. The number of halogens is 1. The second kappa shape index (κ2) is 9.83. The Hall–Kier alpha value is -2.73. The second-order valence-electron chi connectivity index (χ2n) is 5.74. The van der Waals surface area contributed by atoms with Crippen molar-refractivity contribution in [1.29, 1.82) is 0 Å². The van der Waals surface area contributed by atoms with E-state index >= 15 is 0 Å². The van der Waals surface area contributed by atoms with Crippen LogP contribution in [0.5, 0.6) is 11.5 Å². The number of carbonyl (C=O) groups excluding carboxylic acids is 1. The molecule has 0 saturated heterocycles. The Morgan fingerprint density at radius 1 is 1.07 bits per heavy atom. The third kappa shape index (κ3) is 5.37. The highest BCUT2D eigenvalue weighted by Crippen LogP contribution is 2.27. The van der Waals surface area contributed by atoms with Gasteiger partial charge in [0.1, 0.15) is 0 Å². The van der Waals surface area contributed by atoms with E-state index in [0.717, 1.165) is 5.56 Å². The molecule has 144 valence electrons. The summed E-state index contributed by atoms with van der Waals surface area (Å²) in [4.78, 5) is 18.2. The summed E-state index contributed by atoms with van der Waals surface area (Å²) in [5.41, 5.74) is 1.40. The van der Waals surface area contributed by atoms with Crippen molar-refractivity contribution >= 4 is 23.5 Å². The number of rotatable bonds is 6. The van der Waals surface area contributed by atoms with E-state index in [-0.39, 0.29) is 6.02 Å². The number of carbonyl (C=O) groups is 1. The van der Waals surface area contributed by atoms with E-state index in [1.807, 2.05) is 25.2 Å². The van der Waals surface area contributed by atoms with E-state index in [1.54, 1.807) is 43.4 Å². The minimum Gasteiger partial charge on any atom is -0.493 e. The third-order valence-corrected chi connectivity index (χ3v) is 4.32. The zero-order chi connectivity index (χ0) is 19.8. The van der Waals surface area contributed by atoms with Gasteiger partial charge in [-0.2, -0.15) is 4.99 Å². The number of amides is 1. The van der Waals surface area contributed by atoms with Crippen LogP contribution < -0.4 is 9.47 Å². The fourth-order valence-corrected chi connectivity index (χ4v) is 2.71. The van der Waals surface area contributed by atoms with Crippen molar-refractivity contribution < 1.29 is 19.0 Å². The number of ether oxygens (including phenoxy) is 3. The number of likely N-dealkylation sites (N-methyl/N-ethyl adjacent to an activating group) is 1.